The number of β-amino-alcohol motifs (C(OH)–C–C–N with tert-alkyl or cyclic N) is 1. The minimum absolute atomic E-state index is 0.300. The van der Waals surface area contributed by atoms with Gasteiger partial charge >= 0.3 is 0 Å². The molecule has 1 aliphatic heterocycles. The second kappa shape index (κ2) is 6.73. The Balaban J connectivity index is 1.82. The molecule has 0 aliphatic carbocycles. The van der Waals surface area contributed by atoms with Crippen LogP contribution in [0.3, 0.4) is 0 Å². The summed E-state index contributed by atoms with van der Waals surface area (Å²) in [7, 11) is 1.66. The third-order valence-corrected chi connectivity index (χ3v) is 4.94. The molecule has 3 rings (SSSR count). The normalized spacial score (nSPS) is 23.4. The van der Waals surface area contributed by atoms with E-state index in [-0.39, 0.29) is 0 Å². The van der Waals surface area contributed by atoms with Gasteiger partial charge in [-0.1, -0.05) is 42.5 Å². The maximum atomic E-state index is 11.2. The van der Waals surface area contributed by atoms with E-state index in [2.05, 4.69) is 36.1 Å². The number of aliphatic hydroxyl groups is 1. The van der Waals surface area contributed by atoms with Crippen LogP contribution < -0.4 is 4.74 Å². The Hall–Kier alpha value is -1.84. The fourth-order valence-electron chi connectivity index (χ4n) is 3.49. The number of likely N-dealkylation sites (tertiary alicyclic amines) is 1. The molecule has 1 fully saturated rings. The van der Waals surface area contributed by atoms with Gasteiger partial charge in [-0.2, -0.15) is 0 Å². The first kappa shape index (κ1) is 16.0. The van der Waals surface area contributed by atoms with E-state index >= 15 is 0 Å². The molecular formula is C20H25NO2. The highest BCUT2D eigenvalue weighted by Crippen LogP contribution is 2.36. The molecule has 1 N–H and O–H groups in total. The van der Waals surface area contributed by atoms with E-state index in [0.29, 0.717) is 12.6 Å². The monoisotopic (exact) mass is 311 g/mol. The summed E-state index contributed by atoms with van der Waals surface area (Å²) in [5.74, 6) is 0.796. The molecule has 23 heavy (non-hydrogen) atoms. The molecule has 0 aromatic heterocycles. The number of ether oxygens (including phenoxy) is 1. The summed E-state index contributed by atoms with van der Waals surface area (Å²) in [5, 5.41) is 11.2. The number of benzene rings is 2. The van der Waals surface area contributed by atoms with Gasteiger partial charge in [0.05, 0.1) is 7.11 Å². The van der Waals surface area contributed by atoms with Crippen molar-refractivity contribution in [2.75, 3.05) is 20.2 Å². The Morgan fingerprint density at radius 1 is 1.13 bits per heavy atom. The number of methoxy groups -OCH3 is 1. The van der Waals surface area contributed by atoms with Crippen molar-refractivity contribution in [2.24, 2.45) is 0 Å². The molecule has 1 aliphatic rings. The average Bonchev–Trinajstić information content (AvgIpc) is 2.62. The van der Waals surface area contributed by atoms with Crippen molar-refractivity contribution in [2.45, 2.75) is 31.4 Å². The van der Waals surface area contributed by atoms with Crippen molar-refractivity contribution in [1.82, 2.24) is 4.90 Å². The number of rotatable bonds is 4. The molecule has 2 aromatic carbocycles. The molecule has 3 nitrogen and oxygen atoms in total. The van der Waals surface area contributed by atoms with E-state index in [0.717, 1.165) is 30.7 Å². The first-order valence-electron chi connectivity index (χ1n) is 8.28. The number of nitrogens with zero attached hydrogens (tertiary/aromatic N) is 1. The minimum Gasteiger partial charge on any atom is -0.497 e. The van der Waals surface area contributed by atoms with Crippen LogP contribution in [0.2, 0.25) is 0 Å². The molecule has 122 valence electrons. The molecule has 1 heterocycles. The van der Waals surface area contributed by atoms with E-state index in [1.165, 1.54) is 5.56 Å². The SMILES string of the molecule is COc1cccc(C2(O)CCCN(C(C)c3ccccc3)C2)c1. The number of hydrogen-bond donors (Lipinski definition) is 1. The summed E-state index contributed by atoms with van der Waals surface area (Å²) in [6.07, 6.45) is 1.78. The van der Waals surface area contributed by atoms with Gasteiger partial charge in [0.15, 0.2) is 0 Å². The smallest absolute Gasteiger partial charge is 0.119 e. The molecule has 2 atom stereocenters. The quantitative estimate of drug-likeness (QED) is 0.933. The van der Waals surface area contributed by atoms with E-state index in [1.807, 2.05) is 30.3 Å². The van der Waals surface area contributed by atoms with E-state index in [9.17, 15) is 5.11 Å². The third-order valence-electron chi connectivity index (χ3n) is 4.94. The molecular weight excluding hydrogens is 286 g/mol. The van der Waals surface area contributed by atoms with Crippen LogP contribution in [-0.2, 0) is 5.60 Å². The maximum absolute atomic E-state index is 11.2. The van der Waals surface area contributed by atoms with E-state index < -0.39 is 5.60 Å². The van der Waals surface area contributed by atoms with E-state index in [1.54, 1.807) is 7.11 Å². The largest absolute Gasteiger partial charge is 0.497 e. The summed E-state index contributed by atoms with van der Waals surface area (Å²) in [6.45, 7) is 3.88. The van der Waals surface area contributed by atoms with Crippen LogP contribution >= 0.6 is 0 Å². The van der Waals surface area contributed by atoms with Crippen LogP contribution in [0.4, 0.5) is 0 Å². The van der Waals surface area contributed by atoms with Gasteiger partial charge in [0.2, 0.25) is 0 Å². The van der Waals surface area contributed by atoms with Crippen molar-refractivity contribution in [3.05, 3.63) is 65.7 Å². The second-order valence-electron chi connectivity index (χ2n) is 6.42. The fourth-order valence-corrected chi connectivity index (χ4v) is 3.49. The summed E-state index contributed by atoms with van der Waals surface area (Å²) in [6, 6.07) is 18.6. The minimum atomic E-state index is -0.810. The van der Waals surface area contributed by atoms with Crippen molar-refractivity contribution < 1.29 is 9.84 Å². The van der Waals surface area contributed by atoms with Gasteiger partial charge in [0, 0.05) is 12.6 Å². The Kier molecular flexibility index (Phi) is 4.69. The lowest BCUT2D eigenvalue weighted by Crippen LogP contribution is -2.46. The van der Waals surface area contributed by atoms with Gasteiger partial charge in [-0.15, -0.1) is 0 Å². The first-order valence-corrected chi connectivity index (χ1v) is 8.28. The number of piperidine rings is 1. The zero-order valence-corrected chi connectivity index (χ0v) is 13.9. The van der Waals surface area contributed by atoms with Gasteiger partial charge in [-0.3, -0.25) is 4.90 Å². The third kappa shape index (κ3) is 3.41. The standard InChI is InChI=1S/C20H25NO2/c1-16(17-8-4-3-5-9-17)21-13-7-12-20(22,15-21)18-10-6-11-19(14-18)23-2/h3-6,8-11,14,16,22H,7,12-13,15H2,1-2H3. The highest BCUT2D eigenvalue weighted by molar-refractivity contribution is 5.33. The van der Waals surface area contributed by atoms with Gasteiger partial charge in [0.25, 0.3) is 0 Å². The predicted octanol–water partition coefficient (Wildman–Crippen LogP) is 3.74. The number of hydrogen-bond acceptors (Lipinski definition) is 3. The lowest BCUT2D eigenvalue weighted by molar-refractivity contribution is -0.0472. The average molecular weight is 311 g/mol. The lowest BCUT2D eigenvalue weighted by atomic mass is 9.84. The van der Waals surface area contributed by atoms with Crippen molar-refractivity contribution in [1.29, 1.82) is 0 Å². The van der Waals surface area contributed by atoms with E-state index in [4.69, 9.17) is 4.74 Å². The van der Waals surface area contributed by atoms with Crippen LogP contribution in [0.15, 0.2) is 54.6 Å². The van der Waals surface area contributed by atoms with Crippen LogP contribution in [0.25, 0.3) is 0 Å². The Labute approximate surface area is 138 Å². The Bertz CT molecular complexity index is 643. The maximum Gasteiger partial charge on any atom is 0.119 e. The van der Waals surface area contributed by atoms with Crippen molar-refractivity contribution >= 4 is 0 Å². The highest BCUT2D eigenvalue weighted by Gasteiger charge is 2.36. The van der Waals surface area contributed by atoms with Crippen LogP contribution in [0.5, 0.6) is 5.75 Å². The van der Waals surface area contributed by atoms with Gasteiger partial charge in [-0.05, 0) is 49.6 Å². The summed E-state index contributed by atoms with van der Waals surface area (Å²) >= 11 is 0. The Morgan fingerprint density at radius 2 is 1.91 bits per heavy atom. The van der Waals surface area contributed by atoms with Crippen molar-refractivity contribution in [3.8, 4) is 5.75 Å². The molecule has 3 heteroatoms. The highest BCUT2D eigenvalue weighted by atomic mass is 16.5. The fraction of sp³-hybridized carbons (Fsp3) is 0.400. The molecule has 1 saturated heterocycles. The topological polar surface area (TPSA) is 32.7 Å². The molecule has 2 unspecified atom stereocenters. The zero-order chi connectivity index (χ0) is 16.3. The summed E-state index contributed by atoms with van der Waals surface area (Å²) < 4.78 is 5.31. The predicted molar refractivity (Wildman–Crippen MR) is 92.6 cm³/mol. The van der Waals surface area contributed by atoms with Crippen LogP contribution in [0, 0.1) is 0 Å². The molecule has 0 spiro atoms. The summed E-state index contributed by atoms with van der Waals surface area (Å²) in [5.41, 5.74) is 1.43. The second-order valence-corrected chi connectivity index (χ2v) is 6.42. The van der Waals surface area contributed by atoms with Crippen molar-refractivity contribution in [3.63, 3.8) is 0 Å². The zero-order valence-electron chi connectivity index (χ0n) is 13.9. The van der Waals surface area contributed by atoms with Gasteiger partial charge in [-0.25, -0.2) is 0 Å². The first-order chi connectivity index (χ1) is 11.1. The van der Waals surface area contributed by atoms with Gasteiger partial charge < -0.3 is 9.84 Å². The summed E-state index contributed by atoms with van der Waals surface area (Å²) in [4.78, 5) is 2.37. The Morgan fingerprint density at radius 3 is 2.65 bits per heavy atom. The van der Waals surface area contributed by atoms with Crippen LogP contribution in [0.1, 0.15) is 36.9 Å². The van der Waals surface area contributed by atoms with Gasteiger partial charge in [0.1, 0.15) is 11.4 Å². The molecule has 0 radical (unpaired) electrons. The van der Waals surface area contributed by atoms with Crippen LogP contribution in [-0.4, -0.2) is 30.2 Å². The molecule has 2 aromatic rings. The molecule has 0 bridgehead atoms. The molecule has 0 amide bonds. The molecule has 0 saturated carbocycles. The lowest BCUT2D eigenvalue weighted by Gasteiger charge is -2.42.